The zero-order valence-electron chi connectivity index (χ0n) is 18.4. The second kappa shape index (κ2) is 11.8. The lowest BCUT2D eigenvalue weighted by molar-refractivity contribution is -0.156. The van der Waals surface area contributed by atoms with Crippen LogP contribution in [0.15, 0.2) is 53.3 Å². The number of nitrogens with zero attached hydrogens (tertiary/aromatic N) is 3. The zero-order valence-corrected chi connectivity index (χ0v) is 18.4. The van der Waals surface area contributed by atoms with Crippen molar-refractivity contribution in [2.75, 3.05) is 11.9 Å². The number of carbonyl (C=O) groups is 2. The number of nitriles is 1. The number of hydrogen-bond donors (Lipinski definition) is 6. The fraction of sp³-hybridized carbons (Fsp3) is 0.227. The van der Waals surface area contributed by atoms with Crippen LogP contribution in [0.25, 0.3) is 0 Å². The van der Waals surface area contributed by atoms with Gasteiger partial charge in [-0.25, -0.2) is 0 Å². The molecule has 12 nitrogen and oxygen atoms in total. The Labute approximate surface area is 196 Å². The van der Waals surface area contributed by atoms with Crippen molar-refractivity contribution in [2.24, 2.45) is 16.5 Å². The molecule has 1 saturated heterocycles. The van der Waals surface area contributed by atoms with Crippen LogP contribution < -0.4 is 16.8 Å². The molecule has 176 valence electrons. The molecule has 0 saturated carbocycles. The maximum atomic E-state index is 12.8. The topological polar surface area (TPSA) is 218 Å². The van der Waals surface area contributed by atoms with Crippen LogP contribution in [-0.4, -0.2) is 59.1 Å². The number of amidine groups is 2. The molecule has 1 aromatic rings. The molecule has 1 aliphatic rings. The number of benzene rings is 1. The van der Waals surface area contributed by atoms with Gasteiger partial charge in [-0.2, -0.15) is 5.26 Å². The Morgan fingerprint density at radius 2 is 2.03 bits per heavy atom. The molecule has 2 amide bonds. The van der Waals surface area contributed by atoms with E-state index in [1.807, 2.05) is 0 Å². The summed E-state index contributed by atoms with van der Waals surface area (Å²) in [4.78, 5) is 30.4. The number of ether oxygens (including phenoxy) is 1. The Morgan fingerprint density at radius 3 is 2.62 bits per heavy atom. The van der Waals surface area contributed by atoms with E-state index in [9.17, 15) is 9.59 Å². The molecule has 34 heavy (non-hydrogen) atoms. The SMILES string of the molecule is CC1CN(C(=N)/C=C\N=C(C=N)C=C(N)C#N)C(=O)C(CC(=O)Nc2ccc(C(=N)N)cc2)O1. The Bertz CT molecular complexity index is 1110. The number of nitrogens with two attached hydrogens (primary N) is 2. The van der Waals surface area contributed by atoms with Crippen LogP contribution in [0.5, 0.6) is 0 Å². The summed E-state index contributed by atoms with van der Waals surface area (Å²) in [5, 5.41) is 34.2. The Hall–Kier alpha value is -4.63. The highest BCUT2D eigenvalue weighted by Crippen LogP contribution is 2.18. The lowest BCUT2D eigenvalue weighted by atomic mass is 10.1. The lowest BCUT2D eigenvalue weighted by Crippen LogP contribution is -2.53. The summed E-state index contributed by atoms with van der Waals surface area (Å²) in [5.74, 6) is -1.25. The van der Waals surface area contributed by atoms with E-state index in [-0.39, 0.29) is 36.0 Å². The molecule has 2 rings (SSSR count). The van der Waals surface area contributed by atoms with Crippen molar-refractivity contribution in [3.05, 3.63) is 53.9 Å². The number of carbonyl (C=O) groups excluding carboxylic acids is 2. The number of morpholine rings is 1. The summed E-state index contributed by atoms with van der Waals surface area (Å²) >= 11 is 0. The largest absolute Gasteiger partial charge is 0.390 e. The van der Waals surface area contributed by atoms with Crippen molar-refractivity contribution in [1.82, 2.24) is 4.90 Å². The molecule has 1 aromatic carbocycles. The van der Waals surface area contributed by atoms with Crippen molar-refractivity contribution < 1.29 is 14.3 Å². The van der Waals surface area contributed by atoms with Gasteiger partial charge in [0.1, 0.15) is 29.5 Å². The number of amides is 2. The van der Waals surface area contributed by atoms with Crippen molar-refractivity contribution >= 4 is 41.1 Å². The van der Waals surface area contributed by atoms with E-state index in [4.69, 9.17) is 37.7 Å². The normalized spacial score (nSPS) is 18.9. The van der Waals surface area contributed by atoms with E-state index in [1.54, 1.807) is 37.3 Å². The van der Waals surface area contributed by atoms with E-state index >= 15 is 0 Å². The van der Waals surface area contributed by atoms with Crippen LogP contribution >= 0.6 is 0 Å². The van der Waals surface area contributed by atoms with Crippen LogP contribution in [0.2, 0.25) is 0 Å². The quantitative estimate of drug-likeness (QED) is 0.186. The van der Waals surface area contributed by atoms with Crippen LogP contribution in [0.1, 0.15) is 18.9 Å². The molecule has 1 fully saturated rings. The van der Waals surface area contributed by atoms with Crippen LogP contribution in [0.3, 0.4) is 0 Å². The fourth-order valence-corrected chi connectivity index (χ4v) is 2.96. The van der Waals surface area contributed by atoms with E-state index in [0.29, 0.717) is 11.3 Å². The second-order valence-electron chi connectivity index (χ2n) is 7.24. The third kappa shape index (κ3) is 7.21. The third-order valence-corrected chi connectivity index (χ3v) is 4.56. The maximum Gasteiger partial charge on any atom is 0.257 e. The maximum absolute atomic E-state index is 12.8. The number of aliphatic imine (C=N–C) groups is 1. The first-order valence-electron chi connectivity index (χ1n) is 10.1. The number of hydrogen-bond acceptors (Lipinski definition) is 9. The fourth-order valence-electron chi connectivity index (χ4n) is 2.96. The average molecular weight is 464 g/mol. The smallest absolute Gasteiger partial charge is 0.257 e. The number of nitrogen functional groups attached to an aromatic ring is 1. The first-order chi connectivity index (χ1) is 16.1. The van der Waals surface area contributed by atoms with Gasteiger partial charge in [0.2, 0.25) is 5.91 Å². The van der Waals surface area contributed by atoms with Gasteiger partial charge >= 0.3 is 0 Å². The molecule has 1 heterocycles. The second-order valence-corrected chi connectivity index (χ2v) is 7.24. The van der Waals surface area contributed by atoms with Gasteiger partial charge in [-0.3, -0.25) is 30.3 Å². The molecular formula is C22H25N9O3. The first kappa shape index (κ1) is 25.6. The Morgan fingerprint density at radius 1 is 1.35 bits per heavy atom. The highest BCUT2D eigenvalue weighted by Gasteiger charge is 2.36. The van der Waals surface area contributed by atoms with E-state index < -0.39 is 24.0 Å². The van der Waals surface area contributed by atoms with Gasteiger partial charge in [-0.05, 0) is 43.3 Å². The Balaban J connectivity index is 2.04. The van der Waals surface area contributed by atoms with Crippen molar-refractivity contribution in [1.29, 1.82) is 21.5 Å². The summed E-state index contributed by atoms with van der Waals surface area (Å²) in [6.07, 6.45) is 2.81. The molecule has 0 aromatic heterocycles. The number of nitrogens with one attached hydrogen (secondary N) is 4. The van der Waals surface area contributed by atoms with Crippen LogP contribution in [-0.2, 0) is 14.3 Å². The molecule has 1 aliphatic heterocycles. The van der Waals surface area contributed by atoms with E-state index in [2.05, 4.69) is 10.3 Å². The minimum atomic E-state index is -1.08. The average Bonchev–Trinajstić information content (AvgIpc) is 2.80. The number of rotatable bonds is 8. The summed E-state index contributed by atoms with van der Waals surface area (Å²) in [6, 6.07) is 8.08. The molecule has 8 N–H and O–H groups in total. The molecule has 12 heteroatoms. The molecule has 2 atom stereocenters. The third-order valence-electron chi connectivity index (χ3n) is 4.56. The Kier molecular flexibility index (Phi) is 8.92. The van der Waals surface area contributed by atoms with Crippen molar-refractivity contribution in [3.63, 3.8) is 0 Å². The van der Waals surface area contributed by atoms with Gasteiger partial charge in [-0.15, -0.1) is 0 Å². The zero-order chi connectivity index (χ0) is 25.3. The standard InChI is InChI=1S/C22H25N9O3/c1-13-12-31(19(26)6-7-29-17(11-24)8-15(25)10-23)22(33)18(34-13)9-20(32)30-16-4-2-14(3-5-16)21(27)28/h2-8,11,13,18,24,26H,9,12,25H2,1H3,(H3,27,28)(H,30,32)/b7-6-,15-8?,24-11?,26-19?,29-17?. The molecular weight excluding hydrogens is 438 g/mol. The van der Waals surface area contributed by atoms with Gasteiger partial charge in [0.25, 0.3) is 5.91 Å². The minimum Gasteiger partial charge on any atom is -0.390 e. The molecule has 0 bridgehead atoms. The summed E-state index contributed by atoms with van der Waals surface area (Å²) in [7, 11) is 0. The van der Waals surface area contributed by atoms with Gasteiger partial charge in [-0.1, -0.05) is 0 Å². The van der Waals surface area contributed by atoms with E-state index in [1.165, 1.54) is 23.3 Å². The summed E-state index contributed by atoms with van der Waals surface area (Å²) in [5.41, 5.74) is 11.8. The van der Waals surface area contributed by atoms with Crippen molar-refractivity contribution in [3.8, 4) is 6.07 Å². The van der Waals surface area contributed by atoms with Crippen LogP contribution in [0.4, 0.5) is 5.69 Å². The predicted molar refractivity (Wildman–Crippen MR) is 128 cm³/mol. The number of anilines is 1. The lowest BCUT2D eigenvalue weighted by Gasteiger charge is -2.35. The summed E-state index contributed by atoms with van der Waals surface area (Å²) in [6.45, 7) is 1.84. The molecule has 2 unspecified atom stereocenters. The van der Waals surface area contributed by atoms with Crippen LogP contribution in [0, 0.1) is 27.6 Å². The first-order valence-corrected chi connectivity index (χ1v) is 10.1. The van der Waals surface area contributed by atoms with Gasteiger partial charge < -0.3 is 26.9 Å². The predicted octanol–water partition coefficient (Wildman–Crippen LogP) is 0.863. The minimum absolute atomic E-state index is 0.0906. The molecule has 0 spiro atoms. The van der Waals surface area contributed by atoms with Gasteiger partial charge in [0.15, 0.2) is 0 Å². The number of allylic oxidation sites excluding steroid dienone is 2. The highest BCUT2D eigenvalue weighted by atomic mass is 16.5. The van der Waals surface area contributed by atoms with Gasteiger partial charge in [0.05, 0.1) is 24.8 Å². The van der Waals surface area contributed by atoms with Crippen molar-refractivity contribution in [2.45, 2.75) is 25.6 Å². The highest BCUT2D eigenvalue weighted by molar-refractivity contribution is 6.35. The summed E-state index contributed by atoms with van der Waals surface area (Å²) < 4.78 is 5.63. The van der Waals surface area contributed by atoms with Gasteiger partial charge in [0, 0.05) is 23.7 Å². The monoisotopic (exact) mass is 463 g/mol. The molecule has 0 aliphatic carbocycles. The molecule has 0 radical (unpaired) electrons. The van der Waals surface area contributed by atoms with E-state index in [0.717, 1.165) is 6.21 Å².